The van der Waals surface area contributed by atoms with Crippen molar-refractivity contribution in [2.24, 2.45) is 0 Å². The fraction of sp³-hybridized carbons (Fsp3) is 0.333. The number of nitrogens with zero attached hydrogens (tertiary/aromatic N) is 1. The Bertz CT molecular complexity index is 393. The van der Waals surface area contributed by atoms with E-state index < -0.39 is 24.0 Å². The quantitative estimate of drug-likeness (QED) is 0.565. The molecule has 3 nitrogen and oxygen atoms in total. The summed E-state index contributed by atoms with van der Waals surface area (Å²) in [5.74, 6) is -1.95. The fourth-order valence-corrected chi connectivity index (χ4v) is 1.03. The molecule has 0 N–H and O–H groups in total. The van der Waals surface area contributed by atoms with Gasteiger partial charge in [0.1, 0.15) is 5.69 Å². The van der Waals surface area contributed by atoms with E-state index in [9.17, 15) is 18.0 Å². The molecule has 1 heterocycles. The second-order valence-electron chi connectivity index (χ2n) is 2.80. The topological polar surface area (TPSA) is 39.2 Å². The molecule has 1 rings (SSSR count). The Labute approximate surface area is 83.9 Å². The number of rotatable bonds is 2. The summed E-state index contributed by atoms with van der Waals surface area (Å²) in [6, 6.07) is 0.828. The van der Waals surface area contributed by atoms with Crippen molar-refractivity contribution in [3.63, 3.8) is 0 Å². The van der Waals surface area contributed by atoms with Crippen molar-refractivity contribution in [3.8, 4) is 0 Å². The van der Waals surface area contributed by atoms with Crippen LogP contribution in [0.2, 0.25) is 0 Å². The second kappa shape index (κ2) is 4.29. The van der Waals surface area contributed by atoms with Gasteiger partial charge in [-0.3, -0.25) is 0 Å². The molecule has 1 aromatic heterocycles. The molecule has 0 aromatic carbocycles. The maximum Gasteiger partial charge on any atom is 0.338 e. The van der Waals surface area contributed by atoms with Crippen molar-refractivity contribution < 1.29 is 22.7 Å². The summed E-state index contributed by atoms with van der Waals surface area (Å²) in [6.45, 7) is 1.27. The molecule has 15 heavy (non-hydrogen) atoms. The normalized spacial score (nSPS) is 10.5. The molecule has 82 valence electrons. The molecule has 6 heteroatoms. The first-order chi connectivity index (χ1) is 6.97. The van der Waals surface area contributed by atoms with Gasteiger partial charge in [0.05, 0.1) is 12.7 Å². The molecule has 0 unspecified atom stereocenters. The van der Waals surface area contributed by atoms with Crippen LogP contribution in [0.15, 0.2) is 6.07 Å². The lowest BCUT2D eigenvalue weighted by Gasteiger charge is -2.06. The van der Waals surface area contributed by atoms with E-state index in [4.69, 9.17) is 0 Å². The molecule has 0 aliphatic rings. The highest BCUT2D eigenvalue weighted by Gasteiger charge is 2.19. The zero-order valence-electron chi connectivity index (χ0n) is 8.05. The number of halogens is 3. The number of ether oxygens (including phenoxy) is 1. The van der Waals surface area contributed by atoms with E-state index in [-0.39, 0.29) is 11.1 Å². The summed E-state index contributed by atoms with van der Waals surface area (Å²) < 4.78 is 41.9. The lowest BCUT2D eigenvalue weighted by molar-refractivity contribution is 0.0598. The average molecular weight is 219 g/mol. The van der Waals surface area contributed by atoms with E-state index in [1.165, 1.54) is 6.92 Å². The predicted molar refractivity (Wildman–Crippen MR) is 45.2 cm³/mol. The van der Waals surface area contributed by atoms with Gasteiger partial charge in [0.15, 0.2) is 0 Å². The highest BCUT2D eigenvalue weighted by atomic mass is 19.3. The maximum absolute atomic E-state index is 13.0. The predicted octanol–water partition coefficient (Wildman–Crippen LogP) is 2.25. The third-order valence-corrected chi connectivity index (χ3v) is 1.86. The first-order valence-corrected chi connectivity index (χ1v) is 4.01. The lowest BCUT2D eigenvalue weighted by Crippen LogP contribution is -2.09. The third kappa shape index (κ3) is 2.26. The Morgan fingerprint density at radius 3 is 2.60 bits per heavy atom. The van der Waals surface area contributed by atoms with Gasteiger partial charge in [0, 0.05) is 5.56 Å². The Hall–Kier alpha value is -1.59. The van der Waals surface area contributed by atoms with Gasteiger partial charge in [-0.1, -0.05) is 0 Å². The number of carbonyl (C=O) groups is 1. The van der Waals surface area contributed by atoms with Gasteiger partial charge in [-0.25, -0.2) is 18.6 Å². The zero-order chi connectivity index (χ0) is 11.6. The van der Waals surface area contributed by atoms with Crippen molar-refractivity contribution in [2.75, 3.05) is 7.11 Å². The van der Waals surface area contributed by atoms with Crippen molar-refractivity contribution >= 4 is 5.97 Å². The summed E-state index contributed by atoms with van der Waals surface area (Å²) >= 11 is 0. The molecular formula is C9H8F3NO2. The van der Waals surface area contributed by atoms with E-state index in [2.05, 4.69) is 9.72 Å². The number of aromatic nitrogens is 1. The number of esters is 1. The van der Waals surface area contributed by atoms with Gasteiger partial charge >= 0.3 is 5.97 Å². The molecule has 1 aromatic rings. The van der Waals surface area contributed by atoms with Gasteiger partial charge in [0.2, 0.25) is 5.95 Å². The van der Waals surface area contributed by atoms with Crippen LogP contribution in [0.1, 0.15) is 28.0 Å². The molecule has 0 radical (unpaired) electrons. The second-order valence-corrected chi connectivity index (χ2v) is 2.80. The Kier molecular flexibility index (Phi) is 3.28. The number of methoxy groups -OCH3 is 1. The summed E-state index contributed by atoms with van der Waals surface area (Å²) in [5, 5.41) is 0. The van der Waals surface area contributed by atoms with Crippen molar-refractivity contribution in [1.29, 1.82) is 0 Å². The SMILES string of the molecule is COC(=O)c1cc(C(F)F)nc(F)c1C. The summed E-state index contributed by atoms with van der Waals surface area (Å²) in [7, 11) is 1.09. The van der Waals surface area contributed by atoms with Crippen LogP contribution in [0, 0.1) is 12.9 Å². The van der Waals surface area contributed by atoms with Crippen LogP contribution in [0.4, 0.5) is 13.2 Å². The van der Waals surface area contributed by atoms with Crippen molar-refractivity contribution in [3.05, 3.63) is 28.8 Å². The highest BCUT2D eigenvalue weighted by Crippen LogP contribution is 2.21. The largest absolute Gasteiger partial charge is 0.465 e. The van der Waals surface area contributed by atoms with Gasteiger partial charge in [-0.05, 0) is 13.0 Å². The minimum atomic E-state index is -2.93. The fourth-order valence-electron chi connectivity index (χ4n) is 1.03. The zero-order valence-corrected chi connectivity index (χ0v) is 8.05. The minimum Gasteiger partial charge on any atom is -0.465 e. The molecule has 0 fully saturated rings. The Balaban J connectivity index is 3.31. The van der Waals surface area contributed by atoms with Crippen molar-refractivity contribution in [2.45, 2.75) is 13.3 Å². The standard InChI is InChI=1S/C9H8F3NO2/c1-4-5(9(14)15-2)3-6(7(10)11)13-8(4)12/h3,7H,1-2H3. The van der Waals surface area contributed by atoms with E-state index in [1.807, 2.05) is 0 Å². The van der Waals surface area contributed by atoms with Crippen LogP contribution in [-0.4, -0.2) is 18.1 Å². The van der Waals surface area contributed by atoms with Gasteiger partial charge in [-0.15, -0.1) is 0 Å². The van der Waals surface area contributed by atoms with Crippen LogP contribution in [-0.2, 0) is 4.74 Å². The maximum atomic E-state index is 13.0. The summed E-state index contributed by atoms with van der Waals surface area (Å²) in [4.78, 5) is 14.1. The number of pyridine rings is 1. The molecule has 0 aliphatic carbocycles. The van der Waals surface area contributed by atoms with Gasteiger partial charge in [0.25, 0.3) is 6.43 Å². The van der Waals surface area contributed by atoms with E-state index in [0.29, 0.717) is 0 Å². The van der Waals surface area contributed by atoms with Crippen LogP contribution in [0.3, 0.4) is 0 Å². The number of alkyl halides is 2. The minimum absolute atomic E-state index is 0.105. The van der Waals surface area contributed by atoms with E-state index in [0.717, 1.165) is 13.2 Å². The first kappa shape index (κ1) is 11.5. The van der Waals surface area contributed by atoms with Crippen LogP contribution in [0.5, 0.6) is 0 Å². The lowest BCUT2D eigenvalue weighted by atomic mass is 10.1. The highest BCUT2D eigenvalue weighted by molar-refractivity contribution is 5.90. The molecule has 0 spiro atoms. The molecule has 0 amide bonds. The summed E-state index contributed by atoms with van der Waals surface area (Å²) in [5.41, 5.74) is -1.12. The van der Waals surface area contributed by atoms with E-state index >= 15 is 0 Å². The average Bonchev–Trinajstić information content (AvgIpc) is 2.20. The Morgan fingerprint density at radius 2 is 2.13 bits per heavy atom. The molecule has 0 saturated heterocycles. The third-order valence-electron chi connectivity index (χ3n) is 1.86. The van der Waals surface area contributed by atoms with Crippen molar-refractivity contribution in [1.82, 2.24) is 4.98 Å². The summed E-state index contributed by atoms with van der Waals surface area (Å²) in [6.07, 6.45) is -2.93. The number of hydrogen-bond acceptors (Lipinski definition) is 3. The Morgan fingerprint density at radius 1 is 1.53 bits per heavy atom. The number of hydrogen-bond donors (Lipinski definition) is 0. The first-order valence-electron chi connectivity index (χ1n) is 4.01. The van der Waals surface area contributed by atoms with Gasteiger partial charge in [-0.2, -0.15) is 4.39 Å². The van der Waals surface area contributed by atoms with Gasteiger partial charge < -0.3 is 4.74 Å². The monoisotopic (exact) mass is 219 g/mol. The molecule has 0 bridgehead atoms. The number of carbonyl (C=O) groups excluding carboxylic acids is 1. The molecular weight excluding hydrogens is 211 g/mol. The molecule has 0 aliphatic heterocycles. The van der Waals surface area contributed by atoms with Crippen LogP contribution >= 0.6 is 0 Å². The van der Waals surface area contributed by atoms with E-state index in [1.54, 1.807) is 0 Å². The smallest absolute Gasteiger partial charge is 0.338 e. The molecule has 0 atom stereocenters. The van der Waals surface area contributed by atoms with Crippen LogP contribution < -0.4 is 0 Å². The molecule has 0 saturated carbocycles. The van der Waals surface area contributed by atoms with Crippen LogP contribution in [0.25, 0.3) is 0 Å².